The molecule has 0 aromatic carbocycles. The second kappa shape index (κ2) is 4.39. The molecule has 1 aromatic heterocycles. The number of hydrogen-bond donors (Lipinski definition) is 1. The molecule has 0 saturated carbocycles. The molecule has 0 atom stereocenters. The van der Waals surface area contributed by atoms with Crippen LogP contribution in [0.4, 0.5) is 0 Å². The predicted octanol–water partition coefficient (Wildman–Crippen LogP) is 3.07. The Morgan fingerprint density at radius 3 is 2.60 bits per heavy atom. The molecule has 1 fully saturated rings. The Hall–Kier alpha value is -1.44. The van der Waals surface area contributed by atoms with Crippen LogP contribution in [-0.2, 0) is 6.42 Å². The third-order valence-electron chi connectivity index (χ3n) is 2.96. The molecule has 80 valence electrons. The molecule has 0 radical (unpaired) electrons. The molecule has 2 rings (SSSR count). The van der Waals surface area contributed by atoms with Crippen LogP contribution in [0.5, 0.6) is 0 Å². The molecule has 0 amide bonds. The summed E-state index contributed by atoms with van der Waals surface area (Å²) in [6.07, 6.45) is 6.43. The van der Waals surface area contributed by atoms with Crippen molar-refractivity contribution >= 4 is 0 Å². The topological polar surface area (TPSA) is 19.0 Å². The lowest BCUT2D eigenvalue weighted by Gasteiger charge is -2.32. The molecule has 2 heteroatoms. The fourth-order valence-electron chi connectivity index (χ4n) is 2.06. The van der Waals surface area contributed by atoms with E-state index < -0.39 is 0 Å². The van der Waals surface area contributed by atoms with Crippen LogP contribution in [0, 0.1) is 0 Å². The summed E-state index contributed by atoms with van der Waals surface area (Å²) in [6.45, 7) is 9.20. The molecule has 1 N–H and O–H groups in total. The molecule has 1 aromatic rings. The summed E-state index contributed by atoms with van der Waals surface area (Å²) in [7, 11) is 0. The van der Waals surface area contributed by atoms with E-state index in [1.807, 2.05) is 12.3 Å². The van der Waals surface area contributed by atoms with Crippen LogP contribution >= 0.6 is 0 Å². The van der Waals surface area contributed by atoms with Crippen LogP contribution in [0.15, 0.2) is 42.9 Å². The van der Waals surface area contributed by atoms with E-state index in [9.17, 15) is 0 Å². The number of nitrogens with one attached hydrogen (secondary N) is 1. The number of hydrogen-bond acceptors (Lipinski definition) is 1. The normalized spacial score (nSPS) is 17.2. The number of H-pyrrole nitrogens is 1. The average Bonchev–Trinajstić information content (AvgIpc) is 2.70. The Balaban J connectivity index is 1.92. The monoisotopic (exact) mass is 202 g/mol. The van der Waals surface area contributed by atoms with Crippen LogP contribution in [0.2, 0.25) is 0 Å². The summed E-state index contributed by atoms with van der Waals surface area (Å²) >= 11 is 0. The molecule has 0 unspecified atom stereocenters. The zero-order valence-electron chi connectivity index (χ0n) is 9.13. The maximum Gasteiger partial charge on any atom is 0.0279 e. The minimum absolute atomic E-state index is 0.998. The minimum Gasteiger partial charge on any atom is -0.365 e. The molecule has 0 spiro atoms. The smallest absolute Gasteiger partial charge is 0.0279 e. The van der Waals surface area contributed by atoms with Gasteiger partial charge in [-0.3, -0.25) is 0 Å². The summed E-state index contributed by atoms with van der Waals surface area (Å²) in [6, 6.07) is 4.16. The predicted molar refractivity (Wildman–Crippen MR) is 63.3 cm³/mol. The lowest BCUT2D eigenvalue weighted by atomic mass is 10.0. The fraction of sp³-hybridized carbons (Fsp3) is 0.385. The lowest BCUT2D eigenvalue weighted by molar-refractivity contribution is 0.364. The standard InChI is InChI=1S/C13H18N2/c1-11-5-3-6-12(2)15(11)10-8-13-7-4-9-14-13/h4,7,9,14H,1-3,5-6,8,10H2. The van der Waals surface area contributed by atoms with E-state index in [-0.39, 0.29) is 0 Å². The first-order chi connectivity index (χ1) is 7.27. The highest BCUT2D eigenvalue weighted by atomic mass is 15.1. The number of allylic oxidation sites excluding steroid dienone is 2. The van der Waals surface area contributed by atoms with Crippen molar-refractivity contribution < 1.29 is 0 Å². The summed E-state index contributed by atoms with van der Waals surface area (Å²) < 4.78 is 0. The molecule has 2 heterocycles. The number of aromatic amines is 1. The molecule has 1 aliphatic heterocycles. The maximum atomic E-state index is 4.10. The van der Waals surface area contributed by atoms with Gasteiger partial charge in [0.1, 0.15) is 0 Å². The summed E-state index contributed by atoms with van der Waals surface area (Å²) in [4.78, 5) is 5.49. The van der Waals surface area contributed by atoms with Crippen molar-refractivity contribution in [1.82, 2.24) is 9.88 Å². The highest BCUT2D eigenvalue weighted by molar-refractivity contribution is 5.13. The van der Waals surface area contributed by atoms with Gasteiger partial charge in [-0.05, 0) is 31.4 Å². The number of nitrogens with zero attached hydrogens (tertiary/aromatic N) is 1. The van der Waals surface area contributed by atoms with Crippen LogP contribution in [-0.4, -0.2) is 16.4 Å². The molecule has 2 nitrogen and oxygen atoms in total. The molecule has 1 saturated heterocycles. The molecular formula is C13H18N2. The Morgan fingerprint density at radius 1 is 1.27 bits per heavy atom. The van der Waals surface area contributed by atoms with E-state index in [4.69, 9.17) is 0 Å². The lowest BCUT2D eigenvalue weighted by Crippen LogP contribution is -2.27. The Labute approximate surface area is 91.3 Å². The zero-order chi connectivity index (χ0) is 10.7. The first kappa shape index (κ1) is 10.1. The van der Waals surface area contributed by atoms with Gasteiger partial charge in [0.05, 0.1) is 0 Å². The molecule has 15 heavy (non-hydrogen) atoms. The maximum absolute atomic E-state index is 4.10. The summed E-state index contributed by atoms with van der Waals surface area (Å²) in [5.41, 5.74) is 3.72. The van der Waals surface area contributed by atoms with Crippen molar-refractivity contribution in [3.63, 3.8) is 0 Å². The molecular weight excluding hydrogens is 184 g/mol. The second-order valence-corrected chi connectivity index (χ2v) is 4.08. The van der Waals surface area contributed by atoms with Crippen molar-refractivity contribution in [3.8, 4) is 0 Å². The Kier molecular flexibility index (Phi) is 2.95. The van der Waals surface area contributed by atoms with Gasteiger partial charge in [0.25, 0.3) is 0 Å². The first-order valence-electron chi connectivity index (χ1n) is 5.53. The molecule has 0 bridgehead atoms. The first-order valence-corrected chi connectivity index (χ1v) is 5.53. The number of piperidine rings is 1. The van der Waals surface area contributed by atoms with Crippen LogP contribution in [0.3, 0.4) is 0 Å². The summed E-state index contributed by atoms with van der Waals surface area (Å²) in [5.74, 6) is 0. The highest BCUT2D eigenvalue weighted by Crippen LogP contribution is 2.26. The van der Waals surface area contributed by atoms with Gasteiger partial charge >= 0.3 is 0 Å². The SMILES string of the molecule is C=C1CCCC(=C)N1CCc1ccc[nH]1. The molecule has 1 aliphatic rings. The summed E-state index contributed by atoms with van der Waals surface area (Å²) in [5, 5.41) is 0. The van der Waals surface area contributed by atoms with E-state index >= 15 is 0 Å². The number of likely N-dealkylation sites (tertiary alicyclic amines) is 1. The van der Waals surface area contributed by atoms with Crippen molar-refractivity contribution in [1.29, 1.82) is 0 Å². The van der Waals surface area contributed by atoms with Crippen LogP contribution in [0.1, 0.15) is 25.0 Å². The fourth-order valence-corrected chi connectivity index (χ4v) is 2.06. The largest absolute Gasteiger partial charge is 0.365 e. The van der Waals surface area contributed by atoms with E-state index in [0.717, 1.165) is 25.8 Å². The minimum atomic E-state index is 0.998. The van der Waals surface area contributed by atoms with Crippen LogP contribution in [0.25, 0.3) is 0 Å². The van der Waals surface area contributed by atoms with Crippen molar-refractivity contribution in [3.05, 3.63) is 48.6 Å². The average molecular weight is 202 g/mol. The van der Waals surface area contributed by atoms with Gasteiger partial charge in [-0.2, -0.15) is 0 Å². The van der Waals surface area contributed by atoms with Crippen molar-refractivity contribution in [2.24, 2.45) is 0 Å². The van der Waals surface area contributed by atoms with Gasteiger partial charge in [0, 0.05) is 36.3 Å². The van der Waals surface area contributed by atoms with E-state index in [0.29, 0.717) is 0 Å². The van der Waals surface area contributed by atoms with Gasteiger partial charge in [0.15, 0.2) is 0 Å². The van der Waals surface area contributed by atoms with Gasteiger partial charge in [0.2, 0.25) is 0 Å². The third-order valence-corrected chi connectivity index (χ3v) is 2.96. The number of aromatic nitrogens is 1. The van der Waals surface area contributed by atoms with Gasteiger partial charge in [-0.25, -0.2) is 0 Å². The quantitative estimate of drug-likeness (QED) is 0.798. The van der Waals surface area contributed by atoms with E-state index in [1.165, 1.54) is 23.5 Å². The molecule has 0 aliphatic carbocycles. The zero-order valence-corrected chi connectivity index (χ0v) is 9.13. The van der Waals surface area contributed by atoms with Crippen molar-refractivity contribution in [2.75, 3.05) is 6.54 Å². The van der Waals surface area contributed by atoms with Gasteiger partial charge in [-0.15, -0.1) is 0 Å². The van der Waals surface area contributed by atoms with E-state index in [1.54, 1.807) is 0 Å². The van der Waals surface area contributed by atoms with E-state index in [2.05, 4.69) is 29.1 Å². The van der Waals surface area contributed by atoms with Crippen molar-refractivity contribution in [2.45, 2.75) is 25.7 Å². The Morgan fingerprint density at radius 2 is 2.00 bits per heavy atom. The second-order valence-electron chi connectivity index (χ2n) is 4.08. The highest BCUT2D eigenvalue weighted by Gasteiger charge is 2.16. The van der Waals surface area contributed by atoms with Crippen LogP contribution < -0.4 is 0 Å². The third kappa shape index (κ3) is 2.32. The van der Waals surface area contributed by atoms with Gasteiger partial charge in [-0.1, -0.05) is 13.2 Å². The van der Waals surface area contributed by atoms with Gasteiger partial charge < -0.3 is 9.88 Å². The number of rotatable bonds is 3. The Bertz CT molecular complexity index is 333.